The molecule has 1 heterocycles. The van der Waals surface area contributed by atoms with Crippen LogP contribution in [0.2, 0.25) is 5.02 Å². The predicted octanol–water partition coefficient (Wildman–Crippen LogP) is 3.90. The van der Waals surface area contributed by atoms with Gasteiger partial charge in [-0.15, -0.1) is 0 Å². The number of halogens is 2. The molecule has 0 spiro atoms. The zero-order valence-electron chi connectivity index (χ0n) is 8.71. The SMILES string of the molecule is Cc1ccc(F)c([C@H](N)c2ccsc2)c1Cl. The van der Waals surface area contributed by atoms with Crippen molar-refractivity contribution in [3.8, 4) is 0 Å². The van der Waals surface area contributed by atoms with Crippen LogP contribution in [0.4, 0.5) is 4.39 Å². The number of thiophene rings is 1. The third-order valence-corrected chi connectivity index (χ3v) is 3.74. The quantitative estimate of drug-likeness (QED) is 0.866. The Labute approximate surface area is 103 Å². The molecule has 0 amide bonds. The minimum atomic E-state index is -0.501. The van der Waals surface area contributed by atoms with Crippen LogP contribution in [-0.2, 0) is 0 Å². The second-order valence-corrected chi connectivity index (χ2v) is 4.78. The van der Waals surface area contributed by atoms with Crippen molar-refractivity contribution in [3.63, 3.8) is 0 Å². The van der Waals surface area contributed by atoms with Crippen molar-refractivity contribution in [3.05, 3.63) is 56.5 Å². The molecule has 1 aromatic carbocycles. The van der Waals surface area contributed by atoms with Crippen LogP contribution in [0, 0.1) is 12.7 Å². The number of nitrogens with two attached hydrogens (primary N) is 1. The number of hydrogen-bond acceptors (Lipinski definition) is 2. The van der Waals surface area contributed by atoms with Crippen LogP contribution in [0.15, 0.2) is 29.0 Å². The average Bonchev–Trinajstić information content (AvgIpc) is 2.77. The maximum atomic E-state index is 13.7. The molecule has 1 atom stereocenters. The van der Waals surface area contributed by atoms with Crippen molar-refractivity contribution in [2.45, 2.75) is 13.0 Å². The summed E-state index contributed by atoms with van der Waals surface area (Å²) in [6.07, 6.45) is 0. The first-order valence-electron chi connectivity index (χ1n) is 4.83. The summed E-state index contributed by atoms with van der Waals surface area (Å²) in [5, 5.41) is 4.23. The van der Waals surface area contributed by atoms with Gasteiger partial charge in [0.15, 0.2) is 0 Å². The molecule has 4 heteroatoms. The minimum absolute atomic E-state index is 0.352. The minimum Gasteiger partial charge on any atom is -0.320 e. The second-order valence-electron chi connectivity index (χ2n) is 3.63. The number of aryl methyl sites for hydroxylation is 1. The molecule has 0 aliphatic carbocycles. The van der Waals surface area contributed by atoms with E-state index in [0.29, 0.717) is 10.6 Å². The molecule has 84 valence electrons. The molecule has 0 bridgehead atoms. The zero-order valence-corrected chi connectivity index (χ0v) is 10.3. The molecular weight excluding hydrogens is 245 g/mol. The Hall–Kier alpha value is -0.900. The van der Waals surface area contributed by atoms with Crippen LogP contribution in [0.1, 0.15) is 22.7 Å². The van der Waals surface area contributed by atoms with Gasteiger partial charge in [-0.3, -0.25) is 0 Å². The van der Waals surface area contributed by atoms with E-state index < -0.39 is 6.04 Å². The van der Waals surface area contributed by atoms with Gasteiger partial charge in [0, 0.05) is 5.56 Å². The summed E-state index contributed by atoms with van der Waals surface area (Å²) in [4.78, 5) is 0. The predicted molar refractivity (Wildman–Crippen MR) is 66.5 cm³/mol. The molecule has 2 rings (SSSR count). The monoisotopic (exact) mass is 255 g/mol. The summed E-state index contributed by atoms with van der Waals surface area (Å²) >= 11 is 7.63. The number of hydrogen-bond donors (Lipinski definition) is 1. The maximum Gasteiger partial charge on any atom is 0.129 e. The summed E-state index contributed by atoms with van der Waals surface area (Å²) in [5.41, 5.74) is 8.11. The molecule has 1 nitrogen and oxygen atoms in total. The van der Waals surface area contributed by atoms with Gasteiger partial charge < -0.3 is 5.73 Å². The van der Waals surface area contributed by atoms with Gasteiger partial charge in [-0.25, -0.2) is 4.39 Å². The molecule has 0 saturated heterocycles. The van der Waals surface area contributed by atoms with Crippen molar-refractivity contribution in [1.82, 2.24) is 0 Å². The molecule has 2 aromatic rings. The molecule has 0 aliphatic heterocycles. The van der Waals surface area contributed by atoms with Crippen LogP contribution in [-0.4, -0.2) is 0 Å². The molecule has 16 heavy (non-hydrogen) atoms. The second kappa shape index (κ2) is 4.53. The van der Waals surface area contributed by atoms with Crippen molar-refractivity contribution in [1.29, 1.82) is 0 Å². The van der Waals surface area contributed by atoms with Crippen LogP contribution >= 0.6 is 22.9 Å². The van der Waals surface area contributed by atoms with Gasteiger partial charge in [-0.1, -0.05) is 17.7 Å². The number of rotatable bonds is 2. The Morgan fingerprint density at radius 3 is 2.75 bits per heavy atom. The molecule has 0 aliphatic rings. The lowest BCUT2D eigenvalue weighted by atomic mass is 10.00. The van der Waals surface area contributed by atoms with E-state index >= 15 is 0 Å². The topological polar surface area (TPSA) is 26.0 Å². The Kier molecular flexibility index (Phi) is 3.28. The van der Waals surface area contributed by atoms with E-state index in [9.17, 15) is 4.39 Å². The normalized spacial score (nSPS) is 12.8. The first kappa shape index (κ1) is 11.6. The molecule has 0 unspecified atom stereocenters. The molecule has 0 fully saturated rings. The fraction of sp³-hybridized carbons (Fsp3) is 0.167. The van der Waals surface area contributed by atoms with E-state index in [1.807, 2.05) is 23.8 Å². The Morgan fingerprint density at radius 2 is 2.12 bits per heavy atom. The van der Waals surface area contributed by atoms with Crippen LogP contribution in [0.5, 0.6) is 0 Å². The van der Waals surface area contributed by atoms with Crippen LogP contribution < -0.4 is 5.73 Å². The van der Waals surface area contributed by atoms with Gasteiger partial charge >= 0.3 is 0 Å². The summed E-state index contributed by atoms with van der Waals surface area (Å²) in [6.45, 7) is 1.84. The summed E-state index contributed by atoms with van der Waals surface area (Å²) < 4.78 is 13.7. The van der Waals surface area contributed by atoms with Crippen molar-refractivity contribution < 1.29 is 4.39 Å². The van der Waals surface area contributed by atoms with Crippen LogP contribution in [0.3, 0.4) is 0 Å². The van der Waals surface area contributed by atoms with Crippen LogP contribution in [0.25, 0.3) is 0 Å². The fourth-order valence-corrected chi connectivity index (χ4v) is 2.55. The lowest BCUT2D eigenvalue weighted by Crippen LogP contribution is -2.14. The molecule has 2 N–H and O–H groups in total. The Bertz CT molecular complexity index is 496. The van der Waals surface area contributed by atoms with E-state index in [-0.39, 0.29) is 5.82 Å². The largest absolute Gasteiger partial charge is 0.320 e. The highest BCUT2D eigenvalue weighted by molar-refractivity contribution is 7.08. The average molecular weight is 256 g/mol. The summed E-state index contributed by atoms with van der Waals surface area (Å²) in [6, 6.07) is 4.44. The van der Waals surface area contributed by atoms with E-state index in [1.54, 1.807) is 6.07 Å². The standard InChI is InChI=1S/C12H11ClFNS/c1-7-2-3-9(14)10(11(7)13)12(15)8-4-5-16-6-8/h2-6,12H,15H2,1H3/t12-/m1/s1. The van der Waals surface area contributed by atoms with Gasteiger partial charge in [0.25, 0.3) is 0 Å². The van der Waals surface area contributed by atoms with E-state index in [2.05, 4.69) is 0 Å². The summed E-state index contributed by atoms with van der Waals surface area (Å²) in [5.74, 6) is -0.352. The third kappa shape index (κ3) is 1.98. The molecule has 0 saturated carbocycles. The first-order chi connectivity index (χ1) is 7.61. The molecule has 0 radical (unpaired) electrons. The Morgan fingerprint density at radius 1 is 1.38 bits per heavy atom. The lowest BCUT2D eigenvalue weighted by Gasteiger charge is -2.14. The zero-order chi connectivity index (χ0) is 11.7. The van der Waals surface area contributed by atoms with Crippen molar-refractivity contribution in [2.75, 3.05) is 0 Å². The van der Waals surface area contributed by atoms with Crippen molar-refractivity contribution in [2.24, 2.45) is 5.73 Å². The summed E-state index contributed by atoms with van der Waals surface area (Å²) in [7, 11) is 0. The van der Waals surface area contributed by atoms with Gasteiger partial charge in [0.2, 0.25) is 0 Å². The third-order valence-electron chi connectivity index (χ3n) is 2.53. The van der Waals surface area contributed by atoms with Gasteiger partial charge in [0.05, 0.1) is 11.1 Å². The highest BCUT2D eigenvalue weighted by Crippen LogP contribution is 2.31. The smallest absolute Gasteiger partial charge is 0.129 e. The van der Waals surface area contributed by atoms with Gasteiger partial charge in [-0.05, 0) is 40.9 Å². The highest BCUT2D eigenvalue weighted by Gasteiger charge is 2.18. The lowest BCUT2D eigenvalue weighted by molar-refractivity contribution is 0.599. The highest BCUT2D eigenvalue weighted by atomic mass is 35.5. The van der Waals surface area contributed by atoms with Gasteiger partial charge in [0.1, 0.15) is 5.82 Å². The van der Waals surface area contributed by atoms with E-state index in [4.69, 9.17) is 17.3 Å². The van der Waals surface area contributed by atoms with Crippen molar-refractivity contribution >= 4 is 22.9 Å². The van der Waals surface area contributed by atoms with E-state index in [1.165, 1.54) is 17.4 Å². The maximum absolute atomic E-state index is 13.7. The number of benzene rings is 1. The molecular formula is C12H11ClFNS. The first-order valence-corrected chi connectivity index (χ1v) is 6.15. The van der Waals surface area contributed by atoms with Gasteiger partial charge in [-0.2, -0.15) is 11.3 Å². The Balaban J connectivity index is 2.52. The molecule has 1 aromatic heterocycles. The fourth-order valence-electron chi connectivity index (χ4n) is 1.58. The van der Waals surface area contributed by atoms with E-state index in [0.717, 1.165) is 11.1 Å².